The fraction of sp³-hybridized carbons (Fsp3) is 0.310. The number of hydrogen-bond donors (Lipinski definition) is 1. The summed E-state index contributed by atoms with van der Waals surface area (Å²) >= 11 is 18.7. The second kappa shape index (κ2) is 13.7. The number of benzene rings is 3. The molecule has 1 N–H and O–H groups in total. The fourth-order valence-electron chi connectivity index (χ4n) is 3.88. The van der Waals surface area contributed by atoms with Crippen LogP contribution in [-0.4, -0.2) is 43.8 Å². The molecule has 3 rings (SSSR count). The van der Waals surface area contributed by atoms with Crippen LogP contribution in [0.15, 0.2) is 71.6 Å². The Morgan fingerprint density at radius 2 is 1.57 bits per heavy atom. The summed E-state index contributed by atoms with van der Waals surface area (Å²) in [4.78, 5) is 28.4. The van der Waals surface area contributed by atoms with Crippen LogP contribution >= 0.6 is 34.8 Å². The Morgan fingerprint density at radius 3 is 2.17 bits per heavy atom. The highest BCUT2D eigenvalue weighted by atomic mass is 35.5. The van der Waals surface area contributed by atoms with Crippen molar-refractivity contribution in [2.45, 2.75) is 57.6 Å². The van der Waals surface area contributed by atoms with E-state index in [0.29, 0.717) is 27.1 Å². The van der Waals surface area contributed by atoms with Crippen LogP contribution in [0.2, 0.25) is 15.1 Å². The van der Waals surface area contributed by atoms with Gasteiger partial charge in [0.25, 0.3) is 10.0 Å². The van der Waals surface area contributed by atoms with Crippen molar-refractivity contribution >= 4 is 62.3 Å². The fourth-order valence-corrected chi connectivity index (χ4v) is 5.94. The molecule has 0 saturated carbocycles. The van der Waals surface area contributed by atoms with Crippen molar-refractivity contribution in [3.63, 3.8) is 0 Å². The van der Waals surface area contributed by atoms with Gasteiger partial charge in [-0.2, -0.15) is 0 Å². The number of amides is 2. The normalized spacial score (nSPS) is 12.9. The van der Waals surface area contributed by atoms with Crippen molar-refractivity contribution in [1.82, 2.24) is 10.2 Å². The number of hydrogen-bond acceptors (Lipinski definition) is 4. The lowest BCUT2D eigenvalue weighted by atomic mass is 10.1. The van der Waals surface area contributed by atoms with Crippen LogP contribution in [0.1, 0.15) is 38.3 Å². The minimum atomic E-state index is -4.19. The third-order valence-electron chi connectivity index (χ3n) is 6.51. The average Bonchev–Trinajstić information content (AvgIpc) is 2.90. The first-order chi connectivity index (χ1) is 18.8. The summed E-state index contributed by atoms with van der Waals surface area (Å²) in [5.74, 6) is -0.975. The SMILES string of the molecule is CC[C@@H](C)NC(=O)[C@H](C)N(Cc1ccc(Cl)cc1Cl)C(=O)CN(c1cccc(Cl)c1)S(=O)(=O)c1ccc(C)cc1. The number of rotatable bonds is 11. The van der Waals surface area contributed by atoms with Crippen LogP contribution in [0.4, 0.5) is 5.69 Å². The van der Waals surface area contributed by atoms with Gasteiger partial charge in [0.1, 0.15) is 12.6 Å². The molecule has 0 radical (unpaired) electrons. The maximum Gasteiger partial charge on any atom is 0.264 e. The Balaban J connectivity index is 2.05. The third kappa shape index (κ3) is 7.91. The molecule has 11 heteroatoms. The first-order valence-electron chi connectivity index (χ1n) is 12.7. The lowest BCUT2D eigenvalue weighted by molar-refractivity contribution is -0.139. The number of carbonyl (C=O) groups excluding carboxylic acids is 2. The summed E-state index contributed by atoms with van der Waals surface area (Å²) in [6.45, 7) is 6.62. The van der Waals surface area contributed by atoms with Gasteiger partial charge in [-0.15, -0.1) is 0 Å². The first-order valence-corrected chi connectivity index (χ1v) is 15.3. The molecule has 0 heterocycles. The molecule has 7 nitrogen and oxygen atoms in total. The predicted molar refractivity (Wildman–Crippen MR) is 162 cm³/mol. The molecule has 40 heavy (non-hydrogen) atoms. The Morgan fingerprint density at radius 1 is 0.925 bits per heavy atom. The molecular formula is C29H32Cl3N3O4S. The van der Waals surface area contributed by atoms with E-state index < -0.39 is 28.5 Å². The maximum atomic E-state index is 14.0. The summed E-state index contributed by atoms with van der Waals surface area (Å²) in [7, 11) is -4.19. The van der Waals surface area contributed by atoms with E-state index in [0.717, 1.165) is 9.87 Å². The minimum Gasteiger partial charge on any atom is -0.352 e. The Labute approximate surface area is 251 Å². The molecule has 0 fully saturated rings. The molecule has 0 spiro atoms. The lowest BCUT2D eigenvalue weighted by Crippen LogP contribution is -2.52. The monoisotopic (exact) mass is 623 g/mol. The number of anilines is 1. The standard InChI is InChI=1S/C29H32Cl3N3O4S/c1-5-20(3)33-29(37)21(4)34(17-22-11-12-24(31)16-27(22)32)28(36)18-35(25-8-6-7-23(30)15-25)40(38,39)26-13-9-19(2)10-14-26/h6-16,20-21H,5,17-18H2,1-4H3,(H,33,37)/t20-,21+/m1/s1. The minimum absolute atomic E-state index is 0.0146. The summed E-state index contributed by atoms with van der Waals surface area (Å²) in [6.07, 6.45) is 0.701. The smallest absolute Gasteiger partial charge is 0.264 e. The molecule has 0 aromatic heterocycles. The Kier molecular flexibility index (Phi) is 10.9. The molecule has 0 bridgehead atoms. The van der Waals surface area contributed by atoms with Crippen molar-refractivity contribution in [3.05, 3.63) is 92.9 Å². The van der Waals surface area contributed by atoms with Crippen LogP contribution in [0, 0.1) is 6.92 Å². The molecule has 3 aromatic rings. The Hall–Kier alpha value is -2.78. The number of halogens is 3. The zero-order chi connectivity index (χ0) is 29.6. The molecule has 3 aromatic carbocycles. The van der Waals surface area contributed by atoms with Gasteiger partial charge in [0.05, 0.1) is 10.6 Å². The van der Waals surface area contributed by atoms with E-state index in [1.807, 2.05) is 20.8 Å². The van der Waals surface area contributed by atoms with Gasteiger partial charge in [-0.3, -0.25) is 13.9 Å². The third-order valence-corrected chi connectivity index (χ3v) is 9.12. The second-order valence-electron chi connectivity index (χ2n) is 9.56. The highest BCUT2D eigenvalue weighted by molar-refractivity contribution is 7.92. The summed E-state index contributed by atoms with van der Waals surface area (Å²) < 4.78 is 28.7. The van der Waals surface area contributed by atoms with Crippen LogP contribution in [-0.2, 0) is 26.2 Å². The van der Waals surface area contributed by atoms with E-state index in [4.69, 9.17) is 34.8 Å². The van der Waals surface area contributed by atoms with E-state index in [2.05, 4.69) is 5.32 Å². The molecule has 0 unspecified atom stereocenters. The molecule has 2 atom stereocenters. The number of nitrogens with one attached hydrogen (secondary N) is 1. The predicted octanol–water partition coefficient (Wildman–Crippen LogP) is 6.48. The second-order valence-corrected chi connectivity index (χ2v) is 12.7. The lowest BCUT2D eigenvalue weighted by Gasteiger charge is -2.32. The van der Waals surface area contributed by atoms with Gasteiger partial charge in [-0.1, -0.05) is 71.6 Å². The van der Waals surface area contributed by atoms with Crippen molar-refractivity contribution in [2.24, 2.45) is 0 Å². The van der Waals surface area contributed by atoms with Crippen molar-refractivity contribution in [3.8, 4) is 0 Å². The molecule has 2 amide bonds. The van der Waals surface area contributed by atoms with Crippen molar-refractivity contribution < 1.29 is 18.0 Å². The van der Waals surface area contributed by atoms with Gasteiger partial charge < -0.3 is 10.2 Å². The number of nitrogens with zero attached hydrogens (tertiary/aromatic N) is 2. The molecular weight excluding hydrogens is 593 g/mol. The van der Waals surface area contributed by atoms with Crippen LogP contribution < -0.4 is 9.62 Å². The molecule has 214 valence electrons. The van der Waals surface area contributed by atoms with Gasteiger partial charge in [0.15, 0.2) is 0 Å². The van der Waals surface area contributed by atoms with Crippen LogP contribution in [0.5, 0.6) is 0 Å². The highest BCUT2D eigenvalue weighted by Crippen LogP contribution is 2.28. The first kappa shape index (κ1) is 31.7. The molecule has 0 aliphatic rings. The zero-order valence-electron chi connectivity index (χ0n) is 22.7. The molecule has 0 aliphatic heterocycles. The summed E-state index contributed by atoms with van der Waals surface area (Å²) in [6, 6.07) is 16.4. The van der Waals surface area contributed by atoms with E-state index in [-0.39, 0.29) is 29.1 Å². The van der Waals surface area contributed by atoms with Gasteiger partial charge in [-0.05, 0) is 75.2 Å². The van der Waals surface area contributed by atoms with Gasteiger partial charge in [0, 0.05) is 27.7 Å². The molecule has 0 saturated heterocycles. The van der Waals surface area contributed by atoms with E-state index in [1.165, 1.54) is 23.1 Å². The summed E-state index contributed by atoms with van der Waals surface area (Å²) in [5, 5.41) is 3.94. The summed E-state index contributed by atoms with van der Waals surface area (Å²) in [5.41, 5.74) is 1.65. The molecule has 0 aliphatic carbocycles. The van der Waals surface area contributed by atoms with Crippen LogP contribution in [0.25, 0.3) is 0 Å². The quantitative estimate of drug-likeness (QED) is 0.265. The van der Waals surface area contributed by atoms with E-state index >= 15 is 0 Å². The topological polar surface area (TPSA) is 86.8 Å². The number of carbonyl (C=O) groups is 2. The van der Waals surface area contributed by atoms with Crippen LogP contribution in [0.3, 0.4) is 0 Å². The maximum absolute atomic E-state index is 14.0. The van der Waals surface area contributed by atoms with Gasteiger partial charge >= 0.3 is 0 Å². The van der Waals surface area contributed by atoms with Crippen molar-refractivity contribution in [1.29, 1.82) is 0 Å². The van der Waals surface area contributed by atoms with E-state index in [1.54, 1.807) is 55.5 Å². The average molecular weight is 625 g/mol. The highest BCUT2D eigenvalue weighted by Gasteiger charge is 2.33. The Bertz CT molecular complexity index is 1470. The largest absolute Gasteiger partial charge is 0.352 e. The van der Waals surface area contributed by atoms with E-state index in [9.17, 15) is 18.0 Å². The number of sulfonamides is 1. The number of aryl methyl sites for hydroxylation is 1. The van der Waals surface area contributed by atoms with Gasteiger partial charge in [-0.25, -0.2) is 8.42 Å². The van der Waals surface area contributed by atoms with Gasteiger partial charge in [0.2, 0.25) is 11.8 Å². The van der Waals surface area contributed by atoms with Crippen molar-refractivity contribution in [2.75, 3.05) is 10.8 Å². The zero-order valence-corrected chi connectivity index (χ0v) is 25.8.